The van der Waals surface area contributed by atoms with Gasteiger partial charge in [-0.1, -0.05) is 24.3 Å². The van der Waals surface area contributed by atoms with Gasteiger partial charge in [-0.15, -0.1) is 0 Å². The summed E-state index contributed by atoms with van der Waals surface area (Å²) in [6, 6.07) is 13.9. The zero-order valence-electron chi connectivity index (χ0n) is 11.0. The standard InChI is InChI=1S/C14H15BrN2O2S/c1-17(10-11-6-8-12(16)9-7-11)20(18,19)14-5-3-2-4-13(14)15/h2-9H,10,16H2,1H3. The van der Waals surface area contributed by atoms with Crippen molar-refractivity contribution in [3.63, 3.8) is 0 Å². The molecule has 106 valence electrons. The first-order valence-electron chi connectivity index (χ1n) is 5.96. The fourth-order valence-electron chi connectivity index (χ4n) is 1.79. The summed E-state index contributed by atoms with van der Waals surface area (Å²) in [5.41, 5.74) is 7.16. The van der Waals surface area contributed by atoms with Crippen molar-refractivity contribution in [1.82, 2.24) is 4.31 Å². The number of nitrogen functional groups attached to an aromatic ring is 1. The summed E-state index contributed by atoms with van der Waals surface area (Å²) in [5, 5.41) is 0. The van der Waals surface area contributed by atoms with Crippen molar-refractivity contribution in [2.24, 2.45) is 0 Å². The fraction of sp³-hybridized carbons (Fsp3) is 0.143. The van der Waals surface area contributed by atoms with Gasteiger partial charge in [0.25, 0.3) is 0 Å². The summed E-state index contributed by atoms with van der Waals surface area (Å²) in [6.45, 7) is 0.296. The number of benzene rings is 2. The van der Waals surface area contributed by atoms with E-state index in [2.05, 4.69) is 15.9 Å². The van der Waals surface area contributed by atoms with Crippen molar-refractivity contribution in [3.05, 3.63) is 58.6 Å². The maximum Gasteiger partial charge on any atom is 0.244 e. The van der Waals surface area contributed by atoms with Gasteiger partial charge in [-0.2, -0.15) is 4.31 Å². The van der Waals surface area contributed by atoms with E-state index < -0.39 is 10.0 Å². The Morgan fingerprint density at radius 2 is 1.70 bits per heavy atom. The van der Waals surface area contributed by atoms with Crippen LogP contribution in [-0.4, -0.2) is 19.8 Å². The molecular weight excluding hydrogens is 340 g/mol. The third kappa shape index (κ3) is 3.20. The second kappa shape index (κ2) is 5.95. The summed E-state index contributed by atoms with van der Waals surface area (Å²) >= 11 is 3.27. The molecule has 0 spiro atoms. The summed E-state index contributed by atoms with van der Waals surface area (Å²) in [5.74, 6) is 0. The minimum atomic E-state index is -3.52. The molecular formula is C14H15BrN2O2S. The molecule has 2 N–H and O–H groups in total. The highest BCUT2D eigenvalue weighted by Crippen LogP contribution is 2.24. The Hall–Kier alpha value is -1.37. The quantitative estimate of drug-likeness (QED) is 0.858. The Kier molecular flexibility index (Phi) is 4.47. The van der Waals surface area contributed by atoms with E-state index in [9.17, 15) is 8.42 Å². The van der Waals surface area contributed by atoms with Crippen molar-refractivity contribution in [3.8, 4) is 0 Å². The smallest absolute Gasteiger partial charge is 0.244 e. The molecule has 0 bridgehead atoms. The van der Waals surface area contributed by atoms with Crippen LogP contribution in [0.4, 0.5) is 5.69 Å². The molecule has 0 saturated heterocycles. The largest absolute Gasteiger partial charge is 0.399 e. The lowest BCUT2D eigenvalue weighted by molar-refractivity contribution is 0.466. The van der Waals surface area contributed by atoms with E-state index in [0.717, 1.165) is 5.56 Å². The van der Waals surface area contributed by atoms with Crippen LogP contribution in [0.3, 0.4) is 0 Å². The number of hydrogen-bond donors (Lipinski definition) is 1. The van der Waals surface area contributed by atoms with Gasteiger partial charge < -0.3 is 5.73 Å². The molecule has 4 nitrogen and oxygen atoms in total. The second-order valence-electron chi connectivity index (χ2n) is 4.43. The van der Waals surface area contributed by atoms with E-state index in [1.165, 1.54) is 4.31 Å². The molecule has 0 radical (unpaired) electrons. The molecule has 2 aromatic carbocycles. The average molecular weight is 355 g/mol. The minimum Gasteiger partial charge on any atom is -0.399 e. The molecule has 0 unspecified atom stereocenters. The van der Waals surface area contributed by atoms with Crippen molar-refractivity contribution >= 4 is 31.6 Å². The van der Waals surface area contributed by atoms with E-state index in [1.807, 2.05) is 12.1 Å². The zero-order chi connectivity index (χ0) is 14.8. The van der Waals surface area contributed by atoms with Gasteiger partial charge in [-0.25, -0.2) is 8.42 Å². The molecule has 0 aliphatic carbocycles. The molecule has 0 aliphatic heterocycles. The first kappa shape index (κ1) is 15.0. The predicted molar refractivity (Wildman–Crippen MR) is 83.6 cm³/mol. The van der Waals surface area contributed by atoms with Crippen molar-refractivity contribution in [2.45, 2.75) is 11.4 Å². The number of hydrogen-bond acceptors (Lipinski definition) is 3. The average Bonchev–Trinajstić information content (AvgIpc) is 2.41. The normalized spacial score (nSPS) is 11.8. The number of sulfonamides is 1. The molecule has 0 heterocycles. The first-order chi connectivity index (χ1) is 9.41. The molecule has 0 saturated carbocycles. The van der Waals surface area contributed by atoms with Gasteiger partial charge in [0.15, 0.2) is 0 Å². The third-order valence-electron chi connectivity index (χ3n) is 2.91. The predicted octanol–water partition coefficient (Wildman–Crippen LogP) is 2.85. The highest BCUT2D eigenvalue weighted by Gasteiger charge is 2.22. The number of rotatable bonds is 4. The Labute approximate surface area is 127 Å². The Bertz CT molecular complexity index is 699. The molecule has 0 aromatic heterocycles. The van der Waals surface area contributed by atoms with E-state index >= 15 is 0 Å². The molecule has 0 atom stereocenters. The highest BCUT2D eigenvalue weighted by atomic mass is 79.9. The van der Waals surface area contributed by atoms with Gasteiger partial charge in [0.1, 0.15) is 0 Å². The summed E-state index contributed by atoms with van der Waals surface area (Å²) in [6.07, 6.45) is 0. The molecule has 20 heavy (non-hydrogen) atoms. The molecule has 0 fully saturated rings. The van der Waals surface area contributed by atoms with E-state index in [0.29, 0.717) is 16.7 Å². The molecule has 0 aliphatic rings. The topological polar surface area (TPSA) is 63.4 Å². The maximum atomic E-state index is 12.5. The number of halogens is 1. The van der Waals surface area contributed by atoms with Gasteiger partial charge in [0.05, 0.1) is 4.90 Å². The van der Waals surface area contributed by atoms with E-state index in [-0.39, 0.29) is 4.90 Å². The van der Waals surface area contributed by atoms with Crippen LogP contribution in [0.5, 0.6) is 0 Å². The van der Waals surface area contributed by atoms with Crippen molar-refractivity contribution in [1.29, 1.82) is 0 Å². The van der Waals surface area contributed by atoms with Gasteiger partial charge in [0, 0.05) is 23.8 Å². The summed E-state index contributed by atoms with van der Waals surface area (Å²) < 4.78 is 26.9. The van der Waals surface area contributed by atoms with Gasteiger partial charge in [0.2, 0.25) is 10.0 Å². The highest BCUT2D eigenvalue weighted by molar-refractivity contribution is 9.10. The summed E-state index contributed by atoms with van der Waals surface area (Å²) in [4.78, 5) is 0.262. The molecule has 2 aromatic rings. The molecule has 6 heteroatoms. The lowest BCUT2D eigenvalue weighted by Crippen LogP contribution is -2.26. The number of nitrogens with two attached hydrogens (primary N) is 1. The molecule has 0 amide bonds. The SMILES string of the molecule is CN(Cc1ccc(N)cc1)S(=O)(=O)c1ccccc1Br. The maximum absolute atomic E-state index is 12.5. The van der Waals surface area contributed by atoms with Crippen LogP contribution in [0.15, 0.2) is 57.9 Å². The van der Waals surface area contributed by atoms with Gasteiger partial charge in [-0.05, 0) is 45.8 Å². The van der Waals surface area contributed by atoms with Crippen LogP contribution in [0.25, 0.3) is 0 Å². The van der Waals surface area contributed by atoms with Crippen LogP contribution in [0, 0.1) is 0 Å². The van der Waals surface area contributed by atoms with Crippen LogP contribution in [0.1, 0.15) is 5.56 Å². The van der Waals surface area contributed by atoms with Crippen molar-refractivity contribution in [2.75, 3.05) is 12.8 Å². The lowest BCUT2D eigenvalue weighted by atomic mass is 10.2. The Morgan fingerprint density at radius 1 is 1.10 bits per heavy atom. The van der Waals surface area contributed by atoms with Crippen LogP contribution in [-0.2, 0) is 16.6 Å². The van der Waals surface area contributed by atoms with Gasteiger partial charge >= 0.3 is 0 Å². The number of anilines is 1. The van der Waals surface area contributed by atoms with Crippen LogP contribution < -0.4 is 5.73 Å². The number of nitrogens with zero attached hydrogens (tertiary/aromatic N) is 1. The first-order valence-corrected chi connectivity index (χ1v) is 8.20. The van der Waals surface area contributed by atoms with E-state index in [4.69, 9.17) is 5.73 Å². The molecule has 2 rings (SSSR count). The lowest BCUT2D eigenvalue weighted by Gasteiger charge is -2.18. The second-order valence-corrected chi connectivity index (χ2v) is 7.30. The fourth-order valence-corrected chi connectivity index (χ4v) is 3.91. The van der Waals surface area contributed by atoms with Crippen molar-refractivity contribution < 1.29 is 8.42 Å². The van der Waals surface area contributed by atoms with Gasteiger partial charge in [-0.3, -0.25) is 0 Å². The van der Waals surface area contributed by atoms with E-state index in [1.54, 1.807) is 43.4 Å². The monoisotopic (exact) mass is 354 g/mol. The Balaban J connectivity index is 2.26. The van der Waals surface area contributed by atoms with Crippen LogP contribution >= 0.6 is 15.9 Å². The zero-order valence-corrected chi connectivity index (χ0v) is 13.4. The minimum absolute atomic E-state index is 0.262. The Morgan fingerprint density at radius 3 is 2.30 bits per heavy atom. The third-order valence-corrected chi connectivity index (χ3v) is 5.73. The van der Waals surface area contributed by atoms with Crippen LogP contribution in [0.2, 0.25) is 0 Å². The summed E-state index contributed by atoms with van der Waals surface area (Å²) in [7, 11) is -1.96.